The molecule has 1 heterocycles. The van der Waals surface area contributed by atoms with Crippen molar-refractivity contribution in [2.45, 2.75) is 52.6 Å². The Morgan fingerprint density at radius 1 is 1.31 bits per heavy atom. The van der Waals surface area contributed by atoms with E-state index in [9.17, 15) is 14.7 Å². The molecule has 1 amide bonds. The van der Waals surface area contributed by atoms with E-state index in [-0.39, 0.29) is 24.3 Å². The van der Waals surface area contributed by atoms with Crippen LogP contribution in [0.1, 0.15) is 39.7 Å². The lowest BCUT2D eigenvalue weighted by Gasteiger charge is -2.33. The third kappa shape index (κ3) is 5.05. The number of ether oxygens (including phenoxy) is 2. The van der Waals surface area contributed by atoms with Gasteiger partial charge in [0.1, 0.15) is 6.54 Å². The van der Waals surface area contributed by atoms with Gasteiger partial charge in [-0.3, -0.25) is 9.59 Å². The summed E-state index contributed by atoms with van der Waals surface area (Å²) in [6.07, 6.45) is -0.249. The molecule has 1 fully saturated rings. The summed E-state index contributed by atoms with van der Waals surface area (Å²) in [4.78, 5) is 26.6. The first-order valence-corrected chi connectivity index (χ1v) is 8.83. The molecule has 1 N–H and O–H groups in total. The molecule has 1 aliphatic heterocycles. The van der Waals surface area contributed by atoms with Crippen LogP contribution < -0.4 is 0 Å². The number of esters is 1. The topological polar surface area (TPSA) is 76.1 Å². The van der Waals surface area contributed by atoms with Gasteiger partial charge in [-0.15, -0.1) is 0 Å². The maximum Gasteiger partial charge on any atom is 0.325 e. The van der Waals surface area contributed by atoms with Crippen LogP contribution in [-0.2, 0) is 25.6 Å². The maximum absolute atomic E-state index is 13.3. The Morgan fingerprint density at radius 2 is 1.92 bits per heavy atom. The molecule has 6 nitrogen and oxygen atoms in total. The molecule has 26 heavy (non-hydrogen) atoms. The van der Waals surface area contributed by atoms with Crippen LogP contribution >= 0.6 is 0 Å². The van der Waals surface area contributed by atoms with Gasteiger partial charge in [0.05, 0.1) is 19.1 Å². The first-order chi connectivity index (χ1) is 12.0. The van der Waals surface area contributed by atoms with Gasteiger partial charge in [0, 0.05) is 13.0 Å². The van der Waals surface area contributed by atoms with E-state index in [1.54, 1.807) is 6.92 Å². The Morgan fingerprint density at radius 3 is 2.46 bits per heavy atom. The highest BCUT2D eigenvalue weighted by Gasteiger charge is 2.51. The highest BCUT2D eigenvalue weighted by Crippen LogP contribution is 2.42. The number of nitrogens with zero attached hydrogens (tertiary/aromatic N) is 1. The number of carbonyl (C=O) groups excluding carboxylic acids is 2. The van der Waals surface area contributed by atoms with E-state index in [0.29, 0.717) is 6.54 Å². The molecular formula is C20H29NO5. The van der Waals surface area contributed by atoms with Crippen LogP contribution in [0.3, 0.4) is 0 Å². The molecule has 2 rings (SSSR count). The molecule has 3 atom stereocenters. The molecule has 6 heteroatoms. The molecule has 1 aromatic carbocycles. The summed E-state index contributed by atoms with van der Waals surface area (Å²) in [6, 6.07) is 9.48. The van der Waals surface area contributed by atoms with E-state index in [0.717, 1.165) is 5.56 Å². The largest absolute Gasteiger partial charge is 0.468 e. The number of methoxy groups -OCH3 is 1. The Labute approximate surface area is 155 Å². The number of hydrogen-bond acceptors (Lipinski definition) is 5. The highest BCUT2D eigenvalue weighted by atomic mass is 16.6. The summed E-state index contributed by atoms with van der Waals surface area (Å²) >= 11 is 0. The summed E-state index contributed by atoms with van der Waals surface area (Å²) < 4.78 is 10.5. The molecule has 1 aliphatic rings. The van der Waals surface area contributed by atoms with Crippen LogP contribution in [0.4, 0.5) is 0 Å². The average Bonchev–Trinajstić information content (AvgIpc) is 2.90. The van der Waals surface area contributed by atoms with Crippen molar-refractivity contribution in [3.63, 3.8) is 0 Å². The zero-order valence-electron chi connectivity index (χ0n) is 16.2. The Bertz CT molecular complexity index is 635. The van der Waals surface area contributed by atoms with Gasteiger partial charge in [-0.25, -0.2) is 0 Å². The van der Waals surface area contributed by atoms with Crippen LogP contribution in [0, 0.1) is 11.3 Å². The van der Waals surface area contributed by atoms with Gasteiger partial charge in [0.15, 0.2) is 5.79 Å². The summed E-state index contributed by atoms with van der Waals surface area (Å²) in [5.41, 5.74) is 0.590. The summed E-state index contributed by atoms with van der Waals surface area (Å²) in [7, 11) is 1.30. The van der Waals surface area contributed by atoms with Crippen molar-refractivity contribution in [3.05, 3.63) is 35.9 Å². The van der Waals surface area contributed by atoms with E-state index < -0.39 is 23.8 Å². The lowest BCUT2D eigenvalue weighted by atomic mass is 9.80. The van der Waals surface area contributed by atoms with E-state index >= 15 is 0 Å². The summed E-state index contributed by atoms with van der Waals surface area (Å²) in [5.74, 6) is -2.58. The zero-order chi connectivity index (χ0) is 19.5. The zero-order valence-corrected chi connectivity index (χ0v) is 16.2. The van der Waals surface area contributed by atoms with Gasteiger partial charge in [0.2, 0.25) is 5.91 Å². The van der Waals surface area contributed by atoms with Crippen molar-refractivity contribution < 1.29 is 24.2 Å². The Kier molecular flexibility index (Phi) is 6.09. The van der Waals surface area contributed by atoms with Crippen molar-refractivity contribution in [3.8, 4) is 0 Å². The van der Waals surface area contributed by atoms with E-state index in [1.165, 1.54) is 12.0 Å². The third-order valence-corrected chi connectivity index (χ3v) is 4.59. The first-order valence-electron chi connectivity index (χ1n) is 8.83. The molecule has 144 valence electrons. The molecule has 0 saturated carbocycles. The van der Waals surface area contributed by atoms with Gasteiger partial charge in [-0.1, -0.05) is 51.1 Å². The lowest BCUT2D eigenvalue weighted by molar-refractivity contribution is -0.196. The van der Waals surface area contributed by atoms with Gasteiger partial charge in [-0.05, 0) is 17.9 Å². The predicted octanol–water partition coefficient (Wildman–Crippen LogP) is 2.35. The fourth-order valence-corrected chi connectivity index (χ4v) is 3.39. The van der Waals surface area contributed by atoms with Crippen LogP contribution in [0.15, 0.2) is 30.3 Å². The predicted molar refractivity (Wildman–Crippen MR) is 96.9 cm³/mol. The molecular weight excluding hydrogens is 334 g/mol. The van der Waals surface area contributed by atoms with Crippen molar-refractivity contribution in [2.75, 3.05) is 13.7 Å². The number of benzene rings is 1. The molecule has 1 aromatic rings. The van der Waals surface area contributed by atoms with Crippen LogP contribution in [0.5, 0.6) is 0 Å². The number of carbonyl (C=O) groups is 2. The third-order valence-electron chi connectivity index (χ3n) is 4.59. The fourth-order valence-electron chi connectivity index (χ4n) is 3.39. The minimum Gasteiger partial charge on any atom is -0.468 e. The second kappa shape index (κ2) is 7.76. The SMILES string of the molecule is COC(=O)CN(Cc1ccccc1)C(=O)[C@@H]1CC(C)(O)O[C@H]1C(C)(C)C. The second-order valence-electron chi connectivity index (χ2n) is 8.15. The lowest BCUT2D eigenvalue weighted by Crippen LogP contribution is -2.45. The molecule has 0 aromatic heterocycles. The van der Waals surface area contributed by atoms with Gasteiger partial charge in [-0.2, -0.15) is 0 Å². The number of amides is 1. The molecule has 0 bridgehead atoms. The van der Waals surface area contributed by atoms with Crippen molar-refractivity contribution in [1.29, 1.82) is 0 Å². The molecule has 1 unspecified atom stereocenters. The smallest absolute Gasteiger partial charge is 0.325 e. The highest BCUT2D eigenvalue weighted by molar-refractivity contribution is 5.84. The maximum atomic E-state index is 13.3. The molecule has 0 spiro atoms. The minimum absolute atomic E-state index is 0.139. The second-order valence-corrected chi connectivity index (χ2v) is 8.15. The normalized spacial score (nSPS) is 25.8. The van der Waals surface area contributed by atoms with Crippen LogP contribution in [-0.4, -0.2) is 47.4 Å². The van der Waals surface area contributed by atoms with Gasteiger partial charge in [0.25, 0.3) is 0 Å². The minimum atomic E-state index is -1.36. The molecule has 0 aliphatic carbocycles. The van der Waals surface area contributed by atoms with Crippen molar-refractivity contribution >= 4 is 11.9 Å². The fraction of sp³-hybridized carbons (Fsp3) is 0.600. The van der Waals surface area contributed by atoms with E-state index in [2.05, 4.69) is 0 Å². The molecule has 1 saturated heterocycles. The van der Waals surface area contributed by atoms with Crippen LogP contribution in [0.25, 0.3) is 0 Å². The van der Waals surface area contributed by atoms with E-state index in [1.807, 2.05) is 51.1 Å². The van der Waals surface area contributed by atoms with Crippen molar-refractivity contribution in [1.82, 2.24) is 4.90 Å². The summed E-state index contributed by atoms with van der Waals surface area (Å²) in [6.45, 7) is 7.65. The number of hydrogen-bond donors (Lipinski definition) is 1. The molecule has 0 radical (unpaired) electrons. The first kappa shape index (κ1) is 20.4. The standard InChI is InChI=1S/C20H29NO5/c1-19(2,3)17-15(11-20(4,24)26-17)18(23)21(13-16(22)25-5)12-14-9-7-6-8-10-14/h6-10,15,17,24H,11-13H2,1-5H3/t15-,17-,20?/m1/s1. The quantitative estimate of drug-likeness (QED) is 0.813. The monoisotopic (exact) mass is 363 g/mol. The Balaban J connectivity index is 2.27. The average molecular weight is 363 g/mol. The van der Waals surface area contributed by atoms with Gasteiger partial charge < -0.3 is 19.5 Å². The summed E-state index contributed by atoms with van der Waals surface area (Å²) in [5, 5.41) is 10.4. The van der Waals surface area contributed by atoms with Crippen LogP contribution in [0.2, 0.25) is 0 Å². The van der Waals surface area contributed by atoms with E-state index in [4.69, 9.17) is 9.47 Å². The van der Waals surface area contributed by atoms with Crippen molar-refractivity contribution in [2.24, 2.45) is 11.3 Å². The van der Waals surface area contributed by atoms with Gasteiger partial charge >= 0.3 is 5.97 Å². The Hall–Kier alpha value is -1.92. The number of aliphatic hydroxyl groups is 1. The number of rotatable bonds is 5.